The van der Waals surface area contributed by atoms with Gasteiger partial charge in [0, 0.05) is 37.4 Å². The summed E-state index contributed by atoms with van der Waals surface area (Å²) < 4.78 is 0. The smallest absolute Gasteiger partial charge is 0.370 e. The summed E-state index contributed by atoms with van der Waals surface area (Å²) >= 11 is 0. The van der Waals surface area contributed by atoms with Crippen molar-refractivity contribution in [3.63, 3.8) is 0 Å². The largest absolute Gasteiger partial charge is 0.396 e. The van der Waals surface area contributed by atoms with Gasteiger partial charge in [-0.05, 0) is 38.2 Å². The van der Waals surface area contributed by atoms with E-state index >= 15 is 0 Å². The second kappa shape index (κ2) is 6.19. The zero-order valence-corrected chi connectivity index (χ0v) is 13.1. The highest BCUT2D eigenvalue weighted by Gasteiger charge is 2.14. The molecule has 6 heteroatoms. The molecule has 1 aliphatic rings. The molecule has 1 saturated heterocycles. The highest BCUT2D eigenvalue weighted by molar-refractivity contribution is 5.59. The van der Waals surface area contributed by atoms with E-state index in [1.54, 1.807) is 0 Å². The Balaban J connectivity index is 1.67. The number of nitrogens with one attached hydrogen (secondary N) is 2. The van der Waals surface area contributed by atoms with Crippen LogP contribution in [0.15, 0.2) is 30.5 Å². The molecular weight excluding hydrogens is 276 g/mol. The summed E-state index contributed by atoms with van der Waals surface area (Å²) in [4.78, 5) is 12.1. The van der Waals surface area contributed by atoms with Crippen LogP contribution in [0.25, 0.3) is 0 Å². The fourth-order valence-corrected chi connectivity index (χ4v) is 2.51. The summed E-state index contributed by atoms with van der Waals surface area (Å²) in [6, 6.07) is 8.43. The number of piperazine rings is 1. The van der Waals surface area contributed by atoms with E-state index in [-0.39, 0.29) is 0 Å². The first-order chi connectivity index (χ1) is 10.6. The van der Waals surface area contributed by atoms with Gasteiger partial charge in [-0.25, -0.2) is 10.3 Å². The van der Waals surface area contributed by atoms with Crippen molar-refractivity contribution in [2.24, 2.45) is 0 Å². The molecule has 6 nitrogen and oxygen atoms in total. The average molecular weight is 299 g/mol. The molecule has 0 spiro atoms. The van der Waals surface area contributed by atoms with Crippen LogP contribution in [0.5, 0.6) is 0 Å². The fourth-order valence-electron chi connectivity index (χ4n) is 2.51. The van der Waals surface area contributed by atoms with Gasteiger partial charge >= 0.3 is 5.95 Å². The van der Waals surface area contributed by atoms with E-state index in [9.17, 15) is 0 Å². The SMILES string of the molecule is Cc1c[nH+]c(Nc2ccc(N3CCN(C)CC3)cc2)nc1N. The van der Waals surface area contributed by atoms with Crippen molar-refractivity contribution in [3.8, 4) is 0 Å². The number of likely N-dealkylation sites (N-methyl/N-ethyl adjacent to an activating group) is 1. The maximum atomic E-state index is 5.83. The van der Waals surface area contributed by atoms with Crippen LogP contribution in [0.1, 0.15) is 5.56 Å². The van der Waals surface area contributed by atoms with Crippen LogP contribution in [-0.2, 0) is 0 Å². The van der Waals surface area contributed by atoms with Gasteiger partial charge in [-0.1, -0.05) is 4.98 Å². The maximum absolute atomic E-state index is 5.83. The molecule has 1 fully saturated rings. The third-order valence-corrected chi connectivity index (χ3v) is 4.06. The van der Waals surface area contributed by atoms with E-state index < -0.39 is 0 Å². The van der Waals surface area contributed by atoms with Crippen LogP contribution in [0, 0.1) is 6.92 Å². The third kappa shape index (κ3) is 3.28. The number of aryl methyl sites for hydroxylation is 1. The number of nitrogens with zero attached hydrogens (tertiary/aromatic N) is 3. The summed E-state index contributed by atoms with van der Waals surface area (Å²) in [6.45, 7) is 6.30. The molecular formula is C16H23N6+. The second-order valence-electron chi connectivity index (χ2n) is 5.78. The van der Waals surface area contributed by atoms with Crippen molar-refractivity contribution in [2.75, 3.05) is 49.2 Å². The van der Waals surface area contributed by atoms with Gasteiger partial charge in [-0.3, -0.25) is 0 Å². The number of aromatic amines is 1. The first-order valence-electron chi connectivity index (χ1n) is 7.57. The lowest BCUT2D eigenvalue weighted by atomic mass is 10.2. The normalized spacial score (nSPS) is 15.8. The number of nitrogen functional groups attached to an aromatic ring is 1. The molecule has 1 aromatic carbocycles. The molecule has 4 N–H and O–H groups in total. The van der Waals surface area contributed by atoms with Crippen molar-refractivity contribution in [1.82, 2.24) is 9.88 Å². The van der Waals surface area contributed by atoms with Crippen LogP contribution in [0.3, 0.4) is 0 Å². The minimum absolute atomic E-state index is 0.537. The van der Waals surface area contributed by atoms with Gasteiger partial charge < -0.3 is 15.5 Å². The van der Waals surface area contributed by atoms with Gasteiger partial charge in [-0.15, -0.1) is 0 Å². The molecule has 0 atom stereocenters. The zero-order chi connectivity index (χ0) is 15.5. The van der Waals surface area contributed by atoms with Gasteiger partial charge in [-0.2, -0.15) is 0 Å². The number of aromatic nitrogens is 2. The van der Waals surface area contributed by atoms with Gasteiger partial charge in [0.1, 0.15) is 0 Å². The quantitative estimate of drug-likeness (QED) is 0.893. The molecule has 0 aliphatic carbocycles. The Hall–Kier alpha value is -2.34. The molecule has 2 heterocycles. The Morgan fingerprint density at radius 1 is 1.14 bits per heavy atom. The number of rotatable bonds is 3. The minimum atomic E-state index is 0.537. The van der Waals surface area contributed by atoms with Crippen molar-refractivity contribution in [3.05, 3.63) is 36.0 Å². The first kappa shape index (κ1) is 14.6. The van der Waals surface area contributed by atoms with E-state index in [2.05, 4.69) is 56.4 Å². The van der Waals surface area contributed by atoms with E-state index in [1.807, 2.05) is 13.1 Å². The monoisotopic (exact) mass is 299 g/mol. The van der Waals surface area contributed by atoms with Crippen molar-refractivity contribution >= 4 is 23.1 Å². The number of benzene rings is 1. The number of anilines is 4. The number of hydrogen-bond donors (Lipinski definition) is 2. The molecule has 0 saturated carbocycles. The topological polar surface area (TPSA) is 71.6 Å². The Morgan fingerprint density at radius 2 is 1.82 bits per heavy atom. The highest BCUT2D eigenvalue weighted by atomic mass is 15.2. The zero-order valence-electron chi connectivity index (χ0n) is 13.1. The van der Waals surface area contributed by atoms with Gasteiger partial charge in [0.15, 0.2) is 0 Å². The van der Waals surface area contributed by atoms with Crippen LogP contribution < -0.4 is 20.9 Å². The summed E-state index contributed by atoms with van der Waals surface area (Å²) in [5.41, 5.74) is 9.02. The lowest BCUT2D eigenvalue weighted by molar-refractivity contribution is -0.365. The lowest BCUT2D eigenvalue weighted by Gasteiger charge is -2.34. The Kier molecular flexibility index (Phi) is 4.11. The Labute approximate surface area is 131 Å². The van der Waals surface area contributed by atoms with Crippen LogP contribution in [-0.4, -0.2) is 43.1 Å². The molecule has 0 bridgehead atoms. The molecule has 22 heavy (non-hydrogen) atoms. The number of H-pyrrole nitrogens is 1. The Bertz CT molecular complexity index is 632. The van der Waals surface area contributed by atoms with Crippen molar-refractivity contribution in [2.45, 2.75) is 6.92 Å². The van der Waals surface area contributed by atoms with Crippen molar-refractivity contribution in [1.29, 1.82) is 0 Å². The summed E-state index contributed by atoms with van der Waals surface area (Å²) in [7, 11) is 2.17. The molecule has 2 aromatic rings. The van der Waals surface area contributed by atoms with E-state index in [0.717, 1.165) is 37.4 Å². The molecule has 0 radical (unpaired) electrons. The van der Waals surface area contributed by atoms with Crippen LogP contribution in [0.4, 0.5) is 23.1 Å². The summed E-state index contributed by atoms with van der Waals surface area (Å²) in [5, 5.41) is 3.24. The number of hydrogen-bond acceptors (Lipinski definition) is 5. The predicted molar refractivity (Wildman–Crippen MR) is 89.4 cm³/mol. The van der Waals surface area contributed by atoms with Gasteiger partial charge in [0.05, 0.1) is 11.9 Å². The van der Waals surface area contributed by atoms with E-state index in [4.69, 9.17) is 5.73 Å². The molecule has 1 aromatic heterocycles. The standard InChI is InChI=1S/C16H22N6/c1-12-11-18-16(20-15(12)17)19-13-3-5-14(6-4-13)22-9-7-21(2)8-10-22/h3-6,11H,7-10H2,1-2H3,(H3,17,18,19,20)/p+1. The molecule has 0 unspecified atom stereocenters. The molecule has 3 rings (SSSR count). The van der Waals surface area contributed by atoms with E-state index in [1.165, 1.54) is 5.69 Å². The predicted octanol–water partition coefficient (Wildman–Crippen LogP) is 1.28. The summed E-state index contributed by atoms with van der Waals surface area (Å²) in [5.74, 6) is 1.19. The van der Waals surface area contributed by atoms with Crippen LogP contribution in [0.2, 0.25) is 0 Å². The van der Waals surface area contributed by atoms with Gasteiger partial charge in [0.2, 0.25) is 5.82 Å². The van der Waals surface area contributed by atoms with Crippen LogP contribution >= 0.6 is 0 Å². The average Bonchev–Trinajstić information content (AvgIpc) is 2.53. The number of nitrogens with two attached hydrogens (primary N) is 1. The fraction of sp³-hybridized carbons (Fsp3) is 0.375. The lowest BCUT2D eigenvalue weighted by Crippen LogP contribution is -2.44. The summed E-state index contributed by atoms with van der Waals surface area (Å²) in [6.07, 6.45) is 1.85. The van der Waals surface area contributed by atoms with Gasteiger partial charge in [0.25, 0.3) is 0 Å². The third-order valence-electron chi connectivity index (χ3n) is 4.06. The first-order valence-corrected chi connectivity index (χ1v) is 7.57. The maximum Gasteiger partial charge on any atom is 0.396 e. The molecule has 0 amide bonds. The molecule has 116 valence electrons. The Morgan fingerprint density at radius 3 is 2.45 bits per heavy atom. The van der Waals surface area contributed by atoms with E-state index in [0.29, 0.717) is 11.8 Å². The highest BCUT2D eigenvalue weighted by Crippen LogP contribution is 2.20. The van der Waals surface area contributed by atoms with Crippen molar-refractivity contribution < 1.29 is 4.98 Å². The minimum Gasteiger partial charge on any atom is -0.370 e. The second-order valence-corrected chi connectivity index (χ2v) is 5.78. The molecule has 1 aliphatic heterocycles.